The monoisotopic (exact) mass is 528 g/mol. The third kappa shape index (κ3) is 4.09. The summed E-state index contributed by atoms with van der Waals surface area (Å²) >= 11 is 0. The molecule has 0 amide bonds. The van der Waals surface area contributed by atoms with Crippen molar-refractivity contribution in [1.82, 2.24) is 9.80 Å². The van der Waals surface area contributed by atoms with Crippen LogP contribution in [0.4, 0.5) is 0 Å². The van der Waals surface area contributed by atoms with Gasteiger partial charge in [-0.25, -0.2) is 4.79 Å². The summed E-state index contributed by atoms with van der Waals surface area (Å²) in [7, 11) is 2.25. The molecule has 0 radical (unpaired) electrons. The Kier molecular flexibility index (Phi) is 6.75. The van der Waals surface area contributed by atoms with Gasteiger partial charge >= 0.3 is 11.9 Å². The van der Waals surface area contributed by atoms with Gasteiger partial charge in [-0.1, -0.05) is 13.8 Å². The highest BCUT2D eigenvalue weighted by molar-refractivity contribution is 5.85. The zero-order valence-corrected chi connectivity index (χ0v) is 23.9. The van der Waals surface area contributed by atoms with Gasteiger partial charge in [0, 0.05) is 49.9 Å². The molecule has 2 aliphatic heterocycles. The van der Waals surface area contributed by atoms with Crippen LogP contribution in [0.25, 0.3) is 0 Å². The van der Waals surface area contributed by atoms with E-state index in [2.05, 4.69) is 30.7 Å². The van der Waals surface area contributed by atoms with Crippen molar-refractivity contribution in [3.8, 4) is 0 Å². The van der Waals surface area contributed by atoms with Crippen LogP contribution >= 0.6 is 0 Å². The minimum absolute atomic E-state index is 0.175. The first kappa shape index (κ1) is 26.8. The van der Waals surface area contributed by atoms with E-state index in [1.165, 1.54) is 65.2 Å². The Labute approximate surface area is 228 Å². The second-order valence-corrected chi connectivity index (χ2v) is 14.2. The van der Waals surface area contributed by atoms with Crippen molar-refractivity contribution in [2.24, 2.45) is 34.5 Å². The summed E-state index contributed by atoms with van der Waals surface area (Å²) < 4.78 is 11.2. The highest BCUT2D eigenvalue weighted by atomic mass is 16.5. The van der Waals surface area contributed by atoms with Crippen LogP contribution in [0.15, 0.2) is 11.6 Å². The number of hydrogen-bond acceptors (Lipinski definition) is 7. The Morgan fingerprint density at radius 1 is 1.08 bits per heavy atom. The fourth-order valence-corrected chi connectivity index (χ4v) is 10.5. The zero-order chi connectivity index (χ0) is 26.9. The Hall–Kier alpha value is -1.44. The van der Waals surface area contributed by atoms with Crippen LogP contribution in [0, 0.1) is 34.5 Å². The van der Waals surface area contributed by atoms with E-state index < -0.39 is 17.1 Å². The summed E-state index contributed by atoms with van der Waals surface area (Å²) in [5.41, 5.74) is -0.207. The molecule has 6 rings (SSSR count). The van der Waals surface area contributed by atoms with E-state index in [9.17, 15) is 14.7 Å². The molecule has 4 aliphatic carbocycles. The van der Waals surface area contributed by atoms with E-state index in [0.717, 1.165) is 24.8 Å². The number of nitrogens with zero attached hydrogens (tertiary/aromatic N) is 2. The number of carbonyl (C=O) groups excluding carboxylic acids is 2. The van der Waals surface area contributed by atoms with E-state index in [4.69, 9.17) is 9.47 Å². The molecule has 0 spiro atoms. The molecular formula is C31H48N2O5. The van der Waals surface area contributed by atoms with Crippen molar-refractivity contribution in [2.75, 3.05) is 39.8 Å². The summed E-state index contributed by atoms with van der Waals surface area (Å²) in [5, 5.41) is 12.7. The molecule has 7 heteroatoms. The van der Waals surface area contributed by atoms with Gasteiger partial charge in [0.15, 0.2) is 0 Å². The van der Waals surface area contributed by atoms with Gasteiger partial charge in [0.1, 0.15) is 12.7 Å². The van der Waals surface area contributed by atoms with Crippen molar-refractivity contribution in [3.63, 3.8) is 0 Å². The molecule has 0 aromatic heterocycles. The highest BCUT2D eigenvalue weighted by Gasteiger charge is 2.71. The lowest BCUT2D eigenvalue weighted by atomic mass is 9.43. The molecular weight excluding hydrogens is 480 g/mol. The fraction of sp³-hybridized carbons (Fsp3) is 0.871. The Bertz CT molecular complexity index is 999. The van der Waals surface area contributed by atoms with E-state index >= 15 is 0 Å². The second-order valence-electron chi connectivity index (χ2n) is 14.2. The van der Waals surface area contributed by atoms with E-state index in [1.54, 1.807) is 6.08 Å². The number of cyclic esters (lactones) is 1. The van der Waals surface area contributed by atoms with Crippen LogP contribution in [0.3, 0.4) is 0 Å². The van der Waals surface area contributed by atoms with Gasteiger partial charge < -0.3 is 19.5 Å². The predicted octanol–water partition coefficient (Wildman–Crippen LogP) is 3.79. The Morgan fingerprint density at radius 2 is 1.89 bits per heavy atom. The lowest BCUT2D eigenvalue weighted by Crippen LogP contribution is -2.62. The number of fused-ring (bicyclic) bond motifs is 5. The lowest BCUT2D eigenvalue weighted by Gasteiger charge is -2.64. The molecule has 2 heterocycles. The van der Waals surface area contributed by atoms with E-state index in [-0.39, 0.29) is 35.8 Å². The average Bonchev–Trinajstić information content (AvgIpc) is 3.27. The molecule has 0 bridgehead atoms. The van der Waals surface area contributed by atoms with Crippen molar-refractivity contribution in [2.45, 2.75) is 96.3 Å². The third-order valence-corrected chi connectivity index (χ3v) is 12.5. The molecule has 9 atom stereocenters. The summed E-state index contributed by atoms with van der Waals surface area (Å²) in [5.74, 6) is 0.583. The molecule has 1 unspecified atom stereocenters. The largest absolute Gasteiger partial charge is 0.462 e. The number of likely N-dealkylation sites (N-methyl/N-ethyl adjacent to an activating group) is 1. The molecule has 0 aromatic carbocycles. The van der Waals surface area contributed by atoms with Crippen molar-refractivity contribution >= 4 is 11.9 Å². The highest BCUT2D eigenvalue weighted by Crippen LogP contribution is 2.70. The molecule has 7 nitrogen and oxygen atoms in total. The van der Waals surface area contributed by atoms with Gasteiger partial charge in [0.25, 0.3) is 0 Å². The maximum Gasteiger partial charge on any atom is 0.331 e. The molecule has 1 saturated heterocycles. The SMILES string of the molecule is CC(=O)O[C@H]1C[C@]2(O)[C@@H]3CC[C@@H]4CC(N5CCCN(C)CC5)CC[C@]4(C)[C@H]3CC[C@]2(C)[C@H]1C1=CC(=O)OC1. The van der Waals surface area contributed by atoms with Gasteiger partial charge in [-0.05, 0) is 100 Å². The van der Waals surface area contributed by atoms with Crippen LogP contribution in [-0.2, 0) is 19.1 Å². The summed E-state index contributed by atoms with van der Waals surface area (Å²) in [6, 6.07) is 0.698. The Balaban J connectivity index is 1.25. The summed E-state index contributed by atoms with van der Waals surface area (Å²) in [6.07, 6.45) is 10.9. The maximum atomic E-state index is 12.7. The van der Waals surface area contributed by atoms with Crippen molar-refractivity contribution < 1.29 is 24.2 Å². The first-order valence-electron chi connectivity index (χ1n) is 15.2. The summed E-state index contributed by atoms with van der Waals surface area (Å²) in [4.78, 5) is 29.4. The smallest absolute Gasteiger partial charge is 0.331 e. The van der Waals surface area contributed by atoms with Crippen LogP contribution in [0.5, 0.6) is 0 Å². The number of ether oxygens (including phenoxy) is 2. The number of hydrogen-bond donors (Lipinski definition) is 1. The lowest BCUT2D eigenvalue weighted by molar-refractivity contribution is -0.206. The summed E-state index contributed by atoms with van der Waals surface area (Å²) in [6.45, 7) is 11.2. The van der Waals surface area contributed by atoms with Crippen LogP contribution in [-0.4, -0.2) is 84.4 Å². The number of carbonyl (C=O) groups is 2. The van der Waals surface area contributed by atoms with Crippen LogP contribution in [0.1, 0.15) is 78.6 Å². The first-order valence-corrected chi connectivity index (χ1v) is 15.2. The molecule has 4 saturated carbocycles. The van der Waals surface area contributed by atoms with E-state index in [1.807, 2.05) is 0 Å². The number of rotatable bonds is 3. The number of esters is 2. The second kappa shape index (κ2) is 9.59. The van der Waals surface area contributed by atoms with Gasteiger partial charge in [0.05, 0.1) is 5.60 Å². The van der Waals surface area contributed by atoms with Gasteiger partial charge in [-0.2, -0.15) is 0 Å². The minimum Gasteiger partial charge on any atom is -0.462 e. The Morgan fingerprint density at radius 3 is 2.63 bits per heavy atom. The molecule has 5 fully saturated rings. The maximum absolute atomic E-state index is 12.7. The molecule has 6 aliphatic rings. The van der Waals surface area contributed by atoms with Gasteiger partial charge in [-0.3, -0.25) is 9.69 Å². The standard InChI is InChI=1S/C31H48N2O5/c1-20(34)38-26-18-31(36)25-7-6-22-17-23(33-13-5-12-32(4)14-15-33)8-10-29(22,2)24(25)9-11-30(31,3)28(26)21-16-27(35)37-19-21/h16,22-26,28,36H,5-15,17-19H2,1-4H3/t22-,23?,24+,25-,26+,28+,29+,30-,31+/m1/s1. The van der Waals surface area contributed by atoms with Gasteiger partial charge in [0.2, 0.25) is 0 Å². The molecule has 38 heavy (non-hydrogen) atoms. The first-order chi connectivity index (χ1) is 18.0. The van der Waals surface area contributed by atoms with Crippen LogP contribution in [0.2, 0.25) is 0 Å². The zero-order valence-electron chi connectivity index (χ0n) is 23.9. The topological polar surface area (TPSA) is 79.3 Å². The molecule has 212 valence electrons. The minimum atomic E-state index is -0.909. The van der Waals surface area contributed by atoms with Crippen LogP contribution < -0.4 is 0 Å². The average molecular weight is 529 g/mol. The number of aliphatic hydroxyl groups is 1. The molecule has 1 N–H and O–H groups in total. The third-order valence-electron chi connectivity index (χ3n) is 12.5. The quantitative estimate of drug-likeness (QED) is 0.559. The van der Waals surface area contributed by atoms with Gasteiger partial charge in [-0.15, -0.1) is 0 Å². The molecule has 0 aromatic rings. The normalized spacial score (nSPS) is 47.8. The predicted molar refractivity (Wildman–Crippen MR) is 144 cm³/mol. The van der Waals surface area contributed by atoms with Crippen molar-refractivity contribution in [1.29, 1.82) is 0 Å². The van der Waals surface area contributed by atoms with E-state index in [0.29, 0.717) is 24.3 Å². The fourth-order valence-electron chi connectivity index (χ4n) is 10.5. The van der Waals surface area contributed by atoms with Crippen molar-refractivity contribution in [3.05, 3.63) is 11.6 Å².